The van der Waals surface area contributed by atoms with Gasteiger partial charge in [-0.15, -0.1) is 0 Å². The van der Waals surface area contributed by atoms with E-state index in [9.17, 15) is 9.59 Å². The number of ether oxygens (including phenoxy) is 2. The molecule has 0 aromatic rings. The second-order valence-electron chi connectivity index (χ2n) is 4.12. The van der Waals surface area contributed by atoms with Gasteiger partial charge in [0.15, 0.2) is 0 Å². The molecule has 1 unspecified atom stereocenters. The fourth-order valence-electron chi connectivity index (χ4n) is 1.24. The Balaban J connectivity index is 0. The van der Waals surface area contributed by atoms with Gasteiger partial charge >= 0.3 is 11.9 Å². The van der Waals surface area contributed by atoms with E-state index >= 15 is 0 Å². The van der Waals surface area contributed by atoms with Crippen LogP contribution in [0.4, 0.5) is 0 Å². The lowest BCUT2D eigenvalue weighted by Crippen LogP contribution is -2.26. The molecule has 0 aromatic heterocycles. The SMILES string of the molecule is CCC#N.CCOC(=O)CC(C(=O)OCC)C(C)C. The maximum atomic E-state index is 11.5. The van der Waals surface area contributed by atoms with Gasteiger partial charge < -0.3 is 9.47 Å². The average molecular weight is 271 g/mol. The third-order valence-corrected chi connectivity index (χ3v) is 2.24. The molecule has 0 radical (unpaired) electrons. The molecule has 0 fully saturated rings. The average Bonchev–Trinajstić information content (AvgIpc) is 2.36. The van der Waals surface area contributed by atoms with Crippen LogP contribution < -0.4 is 0 Å². The van der Waals surface area contributed by atoms with Crippen molar-refractivity contribution in [3.05, 3.63) is 0 Å². The van der Waals surface area contributed by atoms with Gasteiger partial charge in [-0.3, -0.25) is 9.59 Å². The summed E-state index contributed by atoms with van der Waals surface area (Å²) in [4.78, 5) is 22.7. The number of hydrogen-bond donors (Lipinski definition) is 0. The van der Waals surface area contributed by atoms with Gasteiger partial charge in [0.2, 0.25) is 0 Å². The Morgan fingerprint density at radius 3 is 1.89 bits per heavy atom. The molecule has 0 N–H and O–H groups in total. The standard InChI is InChI=1S/C11H20O4.C3H5N/c1-5-14-10(12)7-9(8(3)4)11(13)15-6-2;1-2-3-4/h8-9H,5-7H2,1-4H3;2H2,1H3. The normalized spacial score (nSPS) is 10.8. The zero-order valence-corrected chi connectivity index (χ0v) is 12.6. The third-order valence-electron chi connectivity index (χ3n) is 2.24. The van der Waals surface area contributed by atoms with Gasteiger partial charge in [0, 0.05) is 6.42 Å². The number of carbonyl (C=O) groups is 2. The number of esters is 2. The van der Waals surface area contributed by atoms with Gasteiger partial charge in [-0.05, 0) is 19.8 Å². The minimum absolute atomic E-state index is 0.0773. The van der Waals surface area contributed by atoms with Crippen molar-refractivity contribution in [3.8, 4) is 6.07 Å². The van der Waals surface area contributed by atoms with Crippen LogP contribution in [0.1, 0.15) is 47.5 Å². The number of carbonyl (C=O) groups excluding carboxylic acids is 2. The maximum Gasteiger partial charge on any atom is 0.309 e. The van der Waals surface area contributed by atoms with E-state index in [0.717, 1.165) is 0 Å². The summed E-state index contributed by atoms with van der Waals surface area (Å²) >= 11 is 0. The molecule has 0 amide bonds. The second kappa shape index (κ2) is 12.9. The summed E-state index contributed by atoms with van der Waals surface area (Å²) in [7, 11) is 0. The summed E-state index contributed by atoms with van der Waals surface area (Å²) in [6, 6.07) is 1.93. The Morgan fingerprint density at radius 1 is 1.11 bits per heavy atom. The molecule has 0 aliphatic carbocycles. The summed E-state index contributed by atoms with van der Waals surface area (Å²) in [6.07, 6.45) is 0.727. The van der Waals surface area contributed by atoms with E-state index in [1.165, 1.54) is 0 Å². The summed E-state index contributed by atoms with van der Waals surface area (Å²) in [6.45, 7) is 9.77. The zero-order valence-electron chi connectivity index (χ0n) is 12.6. The smallest absolute Gasteiger partial charge is 0.309 e. The quantitative estimate of drug-likeness (QED) is 0.694. The van der Waals surface area contributed by atoms with Crippen LogP contribution in [0.15, 0.2) is 0 Å². The highest BCUT2D eigenvalue weighted by molar-refractivity contribution is 5.80. The van der Waals surface area contributed by atoms with E-state index in [2.05, 4.69) is 0 Å². The number of hydrogen-bond acceptors (Lipinski definition) is 5. The van der Waals surface area contributed by atoms with Crippen molar-refractivity contribution >= 4 is 11.9 Å². The lowest BCUT2D eigenvalue weighted by Gasteiger charge is -2.17. The molecule has 0 heterocycles. The van der Waals surface area contributed by atoms with Gasteiger partial charge in [-0.1, -0.05) is 20.8 Å². The lowest BCUT2D eigenvalue weighted by molar-refractivity contribution is -0.156. The van der Waals surface area contributed by atoms with Gasteiger partial charge in [0.1, 0.15) is 0 Å². The second-order valence-corrected chi connectivity index (χ2v) is 4.12. The molecule has 1 atom stereocenters. The maximum absolute atomic E-state index is 11.5. The topological polar surface area (TPSA) is 76.4 Å². The highest BCUT2D eigenvalue weighted by Gasteiger charge is 2.26. The van der Waals surface area contributed by atoms with Crippen molar-refractivity contribution in [2.24, 2.45) is 11.8 Å². The lowest BCUT2D eigenvalue weighted by atomic mass is 9.93. The van der Waals surface area contributed by atoms with Crippen LogP contribution in [0, 0.1) is 23.2 Å². The molecule has 5 nitrogen and oxygen atoms in total. The summed E-state index contributed by atoms with van der Waals surface area (Å²) < 4.78 is 9.70. The van der Waals surface area contributed by atoms with Gasteiger partial charge in [-0.2, -0.15) is 5.26 Å². The van der Waals surface area contributed by atoms with E-state index in [-0.39, 0.29) is 24.3 Å². The van der Waals surface area contributed by atoms with Crippen molar-refractivity contribution in [2.45, 2.75) is 47.5 Å². The largest absolute Gasteiger partial charge is 0.466 e. The van der Waals surface area contributed by atoms with Crippen LogP contribution in [0.3, 0.4) is 0 Å². The Hall–Kier alpha value is -1.57. The Bertz CT molecular complexity index is 294. The zero-order chi connectivity index (χ0) is 15.3. The molecule has 5 heteroatoms. The summed E-state index contributed by atoms with van der Waals surface area (Å²) in [5.41, 5.74) is 0. The van der Waals surface area contributed by atoms with Crippen molar-refractivity contribution in [3.63, 3.8) is 0 Å². The molecule has 110 valence electrons. The monoisotopic (exact) mass is 271 g/mol. The van der Waals surface area contributed by atoms with Crippen molar-refractivity contribution in [2.75, 3.05) is 13.2 Å². The highest BCUT2D eigenvalue weighted by atomic mass is 16.5. The molecule has 0 aromatic carbocycles. The first-order valence-corrected chi connectivity index (χ1v) is 6.63. The van der Waals surface area contributed by atoms with Gasteiger partial charge in [0.25, 0.3) is 0 Å². The highest BCUT2D eigenvalue weighted by Crippen LogP contribution is 2.17. The summed E-state index contributed by atoms with van der Waals surface area (Å²) in [5.74, 6) is -0.984. The number of rotatable bonds is 6. The van der Waals surface area contributed by atoms with Crippen LogP contribution in [0.25, 0.3) is 0 Å². The van der Waals surface area contributed by atoms with Crippen molar-refractivity contribution in [1.29, 1.82) is 5.26 Å². The molecule has 0 bridgehead atoms. The van der Waals surface area contributed by atoms with Crippen LogP contribution in [0.2, 0.25) is 0 Å². The van der Waals surface area contributed by atoms with E-state index in [4.69, 9.17) is 14.7 Å². The van der Waals surface area contributed by atoms with Gasteiger partial charge in [0.05, 0.1) is 31.6 Å². The minimum atomic E-state index is -0.399. The molecule has 19 heavy (non-hydrogen) atoms. The van der Waals surface area contributed by atoms with Crippen molar-refractivity contribution < 1.29 is 19.1 Å². The number of nitrogens with zero attached hydrogens (tertiary/aromatic N) is 1. The molecule has 0 saturated heterocycles. The summed E-state index contributed by atoms with van der Waals surface area (Å²) in [5, 5.41) is 7.62. The predicted octanol–water partition coefficient (Wildman–Crippen LogP) is 2.69. The Kier molecular flexibility index (Phi) is 13.4. The molecule has 0 aliphatic heterocycles. The van der Waals surface area contributed by atoms with Gasteiger partial charge in [-0.25, -0.2) is 0 Å². The van der Waals surface area contributed by atoms with E-state index < -0.39 is 5.92 Å². The Morgan fingerprint density at radius 2 is 1.58 bits per heavy atom. The predicted molar refractivity (Wildman–Crippen MR) is 72.1 cm³/mol. The van der Waals surface area contributed by atoms with Crippen LogP contribution in [-0.4, -0.2) is 25.2 Å². The molecule has 0 aliphatic rings. The molecular formula is C14H25NO4. The first-order valence-electron chi connectivity index (χ1n) is 6.63. The van der Waals surface area contributed by atoms with E-state index in [0.29, 0.717) is 19.6 Å². The molecule has 0 saturated carbocycles. The van der Waals surface area contributed by atoms with E-state index in [1.54, 1.807) is 13.8 Å². The minimum Gasteiger partial charge on any atom is -0.466 e. The van der Waals surface area contributed by atoms with E-state index in [1.807, 2.05) is 26.8 Å². The fourth-order valence-corrected chi connectivity index (χ4v) is 1.24. The third kappa shape index (κ3) is 11.3. The van der Waals surface area contributed by atoms with Crippen LogP contribution in [0.5, 0.6) is 0 Å². The molecular weight excluding hydrogens is 246 g/mol. The van der Waals surface area contributed by atoms with Crippen LogP contribution in [-0.2, 0) is 19.1 Å². The number of nitriles is 1. The Labute approximate surface area is 115 Å². The van der Waals surface area contributed by atoms with Crippen molar-refractivity contribution in [1.82, 2.24) is 0 Å². The fraction of sp³-hybridized carbons (Fsp3) is 0.786. The first-order chi connectivity index (χ1) is 8.94. The molecule has 0 rings (SSSR count). The first kappa shape index (κ1) is 19.8. The van der Waals surface area contributed by atoms with Crippen LogP contribution >= 0.6 is 0 Å². The molecule has 0 spiro atoms.